The Bertz CT molecular complexity index is 821. The minimum atomic E-state index is -0.222. The number of nitrogens with zero attached hydrogens (tertiary/aromatic N) is 4. The lowest BCUT2D eigenvalue weighted by atomic mass is 10.2. The average molecular weight is 302 g/mol. The van der Waals surface area contributed by atoms with Crippen molar-refractivity contribution in [3.8, 4) is 0 Å². The topological polar surface area (TPSA) is 98.7 Å². The zero-order valence-electron chi connectivity index (χ0n) is 11.6. The number of carbonyl (C=O) groups is 1. The van der Waals surface area contributed by atoms with Gasteiger partial charge in [-0.15, -0.1) is 11.3 Å². The number of amides is 1. The van der Waals surface area contributed by atoms with Crippen molar-refractivity contribution in [3.05, 3.63) is 34.7 Å². The monoisotopic (exact) mass is 302 g/mol. The van der Waals surface area contributed by atoms with Crippen molar-refractivity contribution in [2.75, 3.05) is 5.73 Å². The SMILES string of the molecule is Cc1c(CNC(=O)c2sc3nccnc3c2N)cnn1C. The highest BCUT2D eigenvalue weighted by Crippen LogP contribution is 2.30. The number of aromatic nitrogens is 4. The number of nitrogens with two attached hydrogens (primary N) is 1. The van der Waals surface area contributed by atoms with E-state index in [0.29, 0.717) is 27.5 Å². The van der Waals surface area contributed by atoms with Crippen LogP contribution in [0.4, 0.5) is 5.69 Å². The maximum atomic E-state index is 12.3. The Morgan fingerprint density at radius 1 is 1.43 bits per heavy atom. The molecule has 0 aliphatic carbocycles. The van der Waals surface area contributed by atoms with Gasteiger partial charge in [-0.2, -0.15) is 5.10 Å². The Morgan fingerprint density at radius 2 is 2.19 bits per heavy atom. The van der Waals surface area contributed by atoms with Crippen LogP contribution in [-0.4, -0.2) is 25.7 Å². The number of nitrogen functional groups attached to an aromatic ring is 1. The number of rotatable bonds is 3. The quantitative estimate of drug-likeness (QED) is 0.758. The van der Waals surface area contributed by atoms with Gasteiger partial charge >= 0.3 is 0 Å². The van der Waals surface area contributed by atoms with Crippen molar-refractivity contribution in [3.63, 3.8) is 0 Å². The molecule has 3 rings (SSSR count). The molecule has 1 amide bonds. The predicted molar refractivity (Wildman–Crippen MR) is 80.9 cm³/mol. The molecular weight excluding hydrogens is 288 g/mol. The molecule has 0 aromatic carbocycles. The molecule has 0 fully saturated rings. The first-order valence-corrected chi connectivity index (χ1v) is 7.14. The average Bonchev–Trinajstić information content (AvgIpc) is 2.99. The maximum absolute atomic E-state index is 12.3. The highest BCUT2D eigenvalue weighted by Gasteiger charge is 2.18. The standard InChI is InChI=1S/C13H14N6OS/c1-7-8(6-18-19(7)2)5-17-12(20)11-9(14)10-13(21-11)16-4-3-15-10/h3-4,6H,5,14H2,1-2H3,(H,17,20). The van der Waals surface area contributed by atoms with Crippen LogP contribution >= 0.6 is 11.3 Å². The first-order chi connectivity index (χ1) is 10.1. The summed E-state index contributed by atoms with van der Waals surface area (Å²) in [5.41, 5.74) is 8.92. The van der Waals surface area contributed by atoms with Crippen molar-refractivity contribution >= 4 is 33.3 Å². The van der Waals surface area contributed by atoms with Crippen LogP contribution < -0.4 is 11.1 Å². The van der Waals surface area contributed by atoms with Crippen molar-refractivity contribution in [1.29, 1.82) is 0 Å². The van der Waals surface area contributed by atoms with E-state index in [1.54, 1.807) is 23.3 Å². The highest BCUT2D eigenvalue weighted by atomic mass is 32.1. The van der Waals surface area contributed by atoms with Crippen LogP contribution in [-0.2, 0) is 13.6 Å². The third-order valence-electron chi connectivity index (χ3n) is 3.35. The minimum absolute atomic E-state index is 0.222. The predicted octanol–water partition coefficient (Wildman–Crippen LogP) is 1.25. The van der Waals surface area contributed by atoms with Crippen molar-refractivity contribution in [2.24, 2.45) is 7.05 Å². The molecule has 3 aromatic rings. The minimum Gasteiger partial charge on any atom is -0.396 e. The highest BCUT2D eigenvalue weighted by molar-refractivity contribution is 7.21. The van der Waals surface area contributed by atoms with Crippen LogP contribution in [0.2, 0.25) is 0 Å². The number of fused-ring (bicyclic) bond motifs is 1. The lowest BCUT2D eigenvalue weighted by Gasteiger charge is -2.04. The van der Waals surface area contributed by atoms with Gasteiger partial charge in [-0.3, -0.25) is 9.48 Å². The molecular formula is C13H14N6OS. The fourth-order valence-electron chi connectivity index (χ4n) is 1.99. The number of nitrogens with one attached hydrogen (secondary N) is 1. The van der Waals surface area contributed by atoms with Gasteiger partial charge in [0.25, 0.3) is 5.91 Å². The van der Waals surface area contributed by atoms with Crippen molar-refractivity contribution in [1.82, 2.24) is 25.1 Å². The smallest absolute Gasteiger partial charge is 0.263 e. The van der Waals surface area contributed by atoms with Gasteiger partial charge in [0.1, 0.15) is 15.2 Å². The Labute approximate surface area is 124 Å². The van der Waals surface area contributed by atoms with E-state index in [-0.39, 0.29) is 5.91 Å². The number of aryl methyl sites for hydroxylation is 1. The van der Waals surface area contributed by atoms with E-state index in [4.69, 9.17) is 5.73 Å². The molecule has 3 heterocycles. The summed E-state index contributed by atoms with van der Waals surface area (Å²) in [5.74, 6) is -0.222. The molecule has 0 atom stereocenters. The van der Waals surface area contributed by atoms with Gasteiger partial charge in [0, 0.05) is 37.2 Å². The summed E-state index contributed by atoms with van der Waals surface area (Å²) < 4.78 is 1.77. The third-order valence-corrected chi connectivity index (χ3v) is 4.45. The Kier molecular flexibility index (Phi) is 3.30. The van der Waals surface area contributed by atoms with E-state index >= 15 is 0 Å². The number of thiophene rings is 1. The first kappa shape index (κ1) is 13.5. The molecule has 0 saturated carbocycles. The summed E-state index contributed by atoms with van der Waals surface area (Å²) in [7, 11) is 1.86. The summed E-state index contributed by atoms with van der Waals surface area (Å²) >= 11 is 1.25. The second-order valence-corrected chi connectivity index (χ2v) is 5.62. The van der Waals surface area contributed by atoms with Crippen LogP contribution in [0.15, 0.2) is 18.6 Å². The van der Waals surface area contributed by atoms with Gasteiger partial charge in [-0.05, 0) is 6.92 Å². The molecule has 108 valence electrons. The molecule has 0 bridgehead atoms. The van der Waals surface area contributed by atoms with Crippen LogP contribution in [0.3, 0.4) is 0 Å². The molecule has 3 aromatic heterocycles. The second-order valence-electron chi connectivity index (χ2n) is 4.62. The summed E-state index contributed by atoms with van der Waals surface area (Å²) in [5, 5.41) is 7.00. The fraction of sp³-hybridized carbons (Fsp3) is 0.231. The Morgan fingerprint density at radius 3 is 2.86 bits per heavy atom. The number of carbonyl (C=O) groups excluding carboxylic acids is 1. The molecule has 0 radical (unpaired) electrons. The second kappa shape index (κ2) is 5.13. The summed E-state index contributed by atoms with van der Waals surface area (Å²) in [4.78, 5) is 21.7. The first-order valence-electron chi connectivity index (χ1n) is 6.32. The maximum Gasteiger partial charge on any atom is 0.263 e. The zero-order valence-corrected chi connectivity index (χ0v) is 12.4. The molecule has 0 aliphatic heterocycles. The van der Waals surface area contributed by atoms with Gasteiger partial charge in [-0.1, -0.05) is 0 Å². The number of hydrogen-bond donors (Lipinski definition) is 2. The lowest BCUT2D eigenvalue weighted by molar-refractivity contribution is 0.0956. The van der Waals surface area contributed by atoms with E-state index in [0.717, 1.165) is 11.3 Å². The molecule has 21 heavy (non-hydrogen) atoms. The number of anilines is 1. The largest absolute Gasteiger partial charge is 0.396 e. The van der Waals surface area contributed by atoms with Gasteiger partial charge in [0.05, 0.1) is 11.9 Å². The fourth-order valence-corrected chi connectivity index (χ4v) is 2.92. The number of hydrogen-bond acceptors (Lipinski definition) is 6. The van der Waals surface area contributed by atoms with Crippen LogP contribution in [0.5, 0.6) is 0 Å². The molecule has 0 spiro atoms. The molecule has 0 aliphatic rings. The molecule has 8 heteroatoms. The summed E-state index contributed by atoms with van der Waals surface area (Å²) in [6.07, 6.45) is 4.89. The molecule has 0 saturated heterocycles. The van der Waals surface area contributed by atoms with E-state index in [9.17, 15) is 4.79 Å². The third kappa shape index (κ3) is 2.33. The van der Waals surface area contributed by atoms with Gasteiger partial charge in [0.2, 0.25) is 0 Å². The van der Waals surface area contributed by atoms with Gasteiger partial charge < -0.3 is 11.1 Å². The summed E-state index contributed by atoms with van der Waals surface area (Å²) in [6.45, 7) is 2.36. The summed E-state index contributed by atoms with van der Waals surface area (Å²) in [6, 6.07) is 0. The Balaban J connectivity index is 1.81. The van der Waals surface area contributed by atoms with Gasteiger partial charge in [-0.25, -0.2) is 9.97 Å². The van der Waals surface area contributed by atoms with Crippen molar-refractivity contribution in [2.45, 2.75) is 13.5 Å². The van der Waals surface area contributed by atoms with Gasteiger partial charge in [0.15, 0.2) is 0 Å². The lowest BCUT2D eigenvalue weighted by Crippen LogP contribution is -2.22. The molecule has 7 nitrogen and oxygen atoms in total. The molecule has 3 N–H and O–H groups in total. The van der Waals surface area contributed by atoms with Crippen LogP contribution in [0.25, 0.3) is 10.3 Å². The molecule has 0 unspecified atom stereocenters. The normalized spacial score (nSPS) is 11.0. The van der Waals surface area contributed by atoms with Crippen LogP contribution in [0, 0.1) is 6.92 Å². The zero-order chi connectivity index (χ0) is 15.0. The van der Waals surface area contributed by atoms with Crippen molar-refractivity contribution < 1.29 is 4.79 Å². The Hall–Kier alpha value is -2.48. The van der Waals surface area contributed by atoms with E-state index in [1.807, 2.05) is 14.0 Å². The van der Waals surface area contributed by atoms with E-state index < -0.39 is 0 Å². The van der Waals surface area contributed by atoms with E-state index in [1.165, 1.54) is 11.3 Å². The van der Waals surface area contributed by atoms with Crippen LogP contribution in [0.1, 0.15) is 20.9 Å². The van der Waals surface area contributed by atoms with E-state index in [2.05, 4.69) is 20.4 Å².